The SMILES string of the molecule is COc1ccc(-c2nccnc2C2CN(C(=O)c3n[nH]c4c3CCCCC4)CCO2)cc1. The Labute approximate surface area is 187 Å². The van der Waals surface area contributed by atoms with Gasteiger partial charge in [-0.15, -0.1) is 0 Å². The summed E-state index contributed by atoms with van der Waals surface area (Å²) in [4.78, 5) is 24.4. The number of aromatic amines is 1. The highest BCUT2D eigenvalue weighted by Gasteiger charge is 2.32. The lowest BCUT2D eigenvalue weighted by atomic mass is 10.0. The minimum absolute atomic E-state index is 0.0346. The molecule has 1 aliphatic heterocycles. The Bertz CT molecular complexity index is 1100. The van der Waals surface area contributed by atoms with Crippen LogP contribution in [0, 0.1) is 0 Å². The van der Waals surface area contributed by atoms with Crippen LogP contribution >= 0.6 is 0 Å². The first-order valence-electron chi connectivity index (χ1n) is 11.2. The molecule has 1 unspecified atom stereocenters. The maximum absolute atomic E-state index is 13.4. The molecule has 0 saturated carbocycles. The van der Waals surface area contributed by atoms with E-state index in [4.69, 9.17) is 9.47 Å². The first-order chi connectivity index (χ1) is 15.7. The number of ether oxygens (including phenoxy) is 2. The zero-order valence-corrected chi connectivity index (χ0v) is 18.2. The molecule has 3 heterocycles. The first kappa shape index (κ1) is 20.6. The van der Waals surface area contributed by atoms with Crippen LogP contribution in [-0.4, -0.2) is 57.8 Å². The van der Waals surface area contributed by atoms with Crippen molar-refractivity contribution >= 4 is 5.91 Å². The Morgan fingerprint density at radius 3 is 2.78 bits per heavy atom. The number of hydrogen-bond acceptors (Lipinski definition) is 6. The van der Waals surface area contributed by atoms with Crippen LogP contribution in [-0.2, 0) is 17.6 Å². The number of benzene rings is 1. The fraction of sp³-hybridized carbons (Fsp3) is 0.417. The van der Waals surface area contributed by atoms with Crippen LogP contribution < -0.4 is 4.74 Å². The molecule has 0 radical (unpaired) electrons. The van der Waals surface area contributed by atoms with Gasteiger partial charge in [0.1, 0.15) is 11.9 Å². The van der Waals surface area contributed by atoms with E-state index < -0.39 is 0 Å². The number of nitrogens with zero attached hydrogens (tertiary/aromatic N) is 4. The molecule has 5 rings (SSSR count). The molecule has 3 aromatic rings. The summed E-state index contributed by atoms with van der Waals surface area (Å²) >= 11 is 0. The van der Waals surface area contributed by atoms with Gasteiger partial charge in [-0.05, 0) is 49.9 Å². The first-order valence-corrected chi connectivity index (χ1v) is 11.2. The summed E-state index contributed by atoms with van der Waals surface area (Å²) in [7, 11) is 1.64. The lowest BCUT2D eigenvalue weighted by Gasteiger charge is -2.33. The van der Waals surface area contributed by atoms with E-state index in [0.717, 1.165) is 59.6 Å². The predicted octanol–water partition coefficient (Wildman–Crippen LogP) is 3.36. The molecule has 1 fully saturated rings. The quantitative estimate of drug-likeness (QED) is 0.634. The molecule has 0 bridgehead atoms. The van der Waals surface area contributed by atoms with Crippen LogP contribution in [0.15, 0.2) is 36.7 Å². The van der Waals surface area contributed by atoms with E-state index in [2.05, 4.69) is 20.2 Å². The summed E-state index contributed by atoms with van der Waals surface area (Å²) < 4.78 is 11.3. The van der Waals surface area contributed by atoms with E-state index >= 15 is 0 Å². The molecule has 8 nitrogen and oxygen atoms in total. The second kappa shape index (κ2) is 9.08. The van der Waals surface area contributed by atoms with E-state index in [1.165, 1.54) is 6.42 Å². The van der Waals surface area contributed by atoms with Crippen LogP contribution in [0.1, 0.15) is 52.8 Å². The zero-order chi connectivity index (χ0) is 21.9. The summed E-state index contributed by atoms with van der Waals surface area (Å²) in [6, 6.07) is 7.71. The van der Waals surface area contributed by atoms with Gasteiger partial charge in [-0.3, -0.25) is 19.9 Å². The minimum atomic E-state index is -0.351. The predicted molar refractivity (Wildman–Crippen MR) is 118 cm³/mol. The molecule has 1 amide bonds. The molecule has 1 aromatic carbocycles. The number of methoxy groups -OCH3 is 1. The van der Waals surface area contributed by atoms with Crippen molar-refractivity contribution < 1.29 is 14.3 Å². The molecule has 166 valence electrons. The highest BCUT2D eigenvalue weighted by Crippen LogP contribution is 2.31. The highest BCUT2D eigenvalue weighted by molar-refractivity contribution is 5.94. The van der Waals surface area contributed by atoms with Crippen LogP contribution in [0.4, 0.5) is 0 Å². The zero-order valence-electron chi connectivity index (χ0n) is 18.2. The molecule has 0 spiro atoms. The fourth-order valence-corrected chi connectivity index (χ4v) is 4.54. The molecule has 1 saturated heterocycles. The number of morpholine rings is 1. The number of nitrogens with one attached hydrogen (secondary N) is 1. The van der Waals surface area contributed by atoms with Crippen LogP contribution in [0.3, 0.4) is 0 Å². The Balaban J connectivity index is 1.39. The van der Waals surface area contributed by atoms with Gasteiger partial charge in [-0.1, -0.05) is 6.42 Å². The summed E-state index contributed by atoms with van der Waals surface area (Å²) in [5, 5.41) is 7.50. The third-order valence-corrected chi connectivity index (χ3v) is 6.26. The van der Waals surface area contributed by atoms with E-state index in [1.54, 1.807) is 19.5 Å². The molecular formula is C24H27N5O3. The number of rotatable bonds is 4. The van der Waals surface area contributed by atoms with Gasteiger partial charge in [0.2, 0.25) is 0 Å². The van der Waals surface area contributed by atoms with Gasteiger partial charge in [0.15, 0.2) is 5.69 Å². The average molecular weight is 434 g/mol. The van der Waals surface area contributed by atoms with Gasteiger partial charge in [0.05, 0.1) is 31.6 Å². The number of carbonyl (C=O) groups excluding carboxylic acids is 1. The average Bonchev–Trinajstić information content (AvgIpc) is 3.11. The smallest absolute Gasteiger partial charge is 0.274 e. The standard InChI is InChI=1S/C24H27N5O3/c1-31-17-9-7-16(8-10-17)21-23(26-12-11-25-21)20-15-29(13-14-32-20)24(30)22-18-5-3-2-4-6-19(18)27-28-22/h7-12,20H,2-6,13-15H2,1H3,(H,27,28). The number of aryl methyl sites for hydroxylation is 1. The Morgan fingerprint density at radius 1 is 1.12 bits per heavy atom. The molecule has 2 aliphatic rings. The van der Waals surface area contributed by atoms with Crippen molar-refractivity contribution in [3.8, 4) is 17.0 Å². The van der Waals surface area contributed by atoms with Crippen molar-refractivity contribution in [1.29, 1.82) is 0 Å². The maximum atomic E-state index is 13.4. The number of H-pyrrole nitrogens is 1. The van der Waals surface area contributed by atoms with Gasteiger partial charge in [-0.25, -0.2) is 0 Å². The molecule has 32 heavy (non-hydrogen) atoms. The summed E-state index contributed by atoms with van der Waals surface area (Å²) in [5.41, 5.74) is 5.19. The number of carbonyl (C=O) groups is 1. The van der Waals surface area contributed by atoms with Crippen molar-refractivity contribution in [3.63, 3.8) is 0 Å². The lowest BCUT2D eigenvalue weighted by Crippen LogP contribution is -2.43. The van der Waals surface area contributed by atoms with Gasteiger partial charge >= 0.3 is 0 Å². The topological polar surface area (TPSA) is 93.2 Å². The van der Waals surface area contributed by atoms with Crippen LogP contribution in [0.2, 0.25) is 0 Å². The van der Waals surface area contributed by atoms with Crippen molar-refractivity contribution in [1.82, 2.24) is 25.1 Å². The maximum Gasteiger partial charge on any atom is 0.274 e. The summed E-state index contributed by atoms with van der Waals surface area (Å²) in [6.07, 6.45) is 8.30. The van der Waals surface area contributed by atoms with Gasteiger partial charge in [0, 0.05) is 35.8 Å². The van der Waals surface area contributed by atoms with Gasteiger partial charge < -0.3 is 14.4 Å². The highest BCUT2D eigenvalue weighted by atomic mass is 16.5. The molecule has 1 aliphatic carbocycles. The molecule has 1 N–H and O–H groups in total. The number of aromatic nitrogens is 4. The van der Waals surface area contributed by atoms with Crippen molar-refractivity contribution in [2.24, 2.45) is 0 Å². The van der Waals surface area contributed by atoms with E-state index in [-0.39, 0.29) is 12.0 Å². The molecular weight excluding hydrogens is 406 g/mol. The molecule has 8 heteroatoms. The lowest BCUT2D eigenvalue weighted by molar-refractivity contribution is -0.0248. The van der Waals surface area contributed by atoms with Gasteiger partial charge in [0.25, 0.3) is 5.91 Å². The molecule has 1 atom stereocenters. The monoisotopic (exact) mass is 433 g/mol. The Hall–Kier alpha value is -3.26. The summed E-state index contributed by atoms with van der Waals surface area (Å²) in [5.74, 6) is 0.746. The van der Waals surface area contributed by atoms with E-state index in [1.807, 2.05) is 29.2 Å². The van der Waals surface area contributed by atoms with E-state index in [0.29, 0.717) is 25.4 Å². The third-order valence-electron chi connectivity index (χ3n) is 6.26. The second-order valence-corrected chi connectivity index (χ2v) is 8.22. The Kier molecular flexibility index (Phi) is 5.85. The number of fused-ring (bicyclic) bond motifs is 1. The minimum Gasteiger partial charge on any atom is -0.497 e. The third kappa shape index (κ3) is 3.98. The van der Waals surface area contributed by atoms with Crippen molar-refractivity contribution in [2.45, 2.75) is 38.2 Å². The van der Waals surface area contributed by atoms with Crippen LogP contribution in [0.25, 0.3) is 11.3 Å². The second-order valence-electron chi connectivity index (χ2n) is 8.22. The largest absolute Gasteiger partial charge is 0.497 e. The molecule has 2 aromatic heterocycles. The Morgan fingerprint density at radius 2 is 1.94 bits per heavy atom. The van der Waals surface area contributed by atoms with Crippen LogP contribution in [0.5, 0.6) is 5.75 Å². The fourth-order valence-electron chi connectivity index (χ4n) is 4.54. The van der Waals surface area contributed by atoms with Gasteiger partial charge in [-0.2, -0.15) is 5.10 Å². The number of amides is 1. The normalized spacial score (nSPS) is 18.7. The van der Waals surface area contributed by atoms with Crippen molar-refractivity contribution in [3.05, 3.63) is 59.3 Å². The van der Waals surface area contributed by atoms with E-state index in [9.17, 15) is 4.79 Å². The summed E-state index contributed by atoms with van der Waals surface area (Å²) in [6.45, 7) is 1.40. The number of hydrogen-bond donors (Lipinski definition) is 1. The van der Waals surface area contributed by atoms with Crippen molar-refractivity contribution in [2.75, 3.05) is 26.8 Å².